The fourth-order valence-electron chi connectivity index (χ4n) is 2.92. The zero-order chi connectivity index (χ0) is 17.8. The topological polar surface area (TPSA) is 70.6 Å². The number of carbonyl (C=O) groups is 2. The van der Waals surface area contributed by atoms with Gasteiger partial charge in [-0.2, -0.15) is 5.10 Å². The van der Waals surface area contributed by atoms with E-state index in [1.807, 2.05) is 61.5 Å². The molecule has 0 unspecified atom stereocenters. The highest BCUT2D eigenvalue weighted by Gasteiger charge is 2.40. The highest BCUT2D eigenvalue weighted by molar-refractivity contribution is 9.10. The zero-order valence-electron chi connectivity index (χ0n) is 13.7. The minimum absolute atomic E-state index is 0.185. The SMILES string of the molecule is C/C(=N/NC(=O)[C@H]1C(=O)NC[C@H]1c1ccccc1)c1cccc(Br)c1. The van der Waals surface area contributed by atoms with Crippen LogP contribution in [0, 0.1) is 5.92 Å². The number of hydrogen-bond donors (Lipinski definition) is 2. The molecule has 0 spiro atoms. The van der Waals surface area contributed by atoms with Crippen molar-refractivity contribution >= 4 is 33.5 Å². The molecule has 0 aliphatic carbocycles. The van der Waals surface area contributed by atoms with E-state index >= 15 is 0 Å². The Balaban J connectivity index is 1.75. The monoisotopic (exact) mass is 399 g/mol. The van der Waals surface area contributed by atoms with Gasteiger partial charge < -0.3 is 5.32 Å². The van der Waals surface area contributed by atoms with E-state index < -0.39 is 11.8 Å². The normalized spacial score (nSPS) is 20.2. The van der Waals surface area contributed by atoms with Crippen LogP contribution in [-0.4, -0.2) is 24.1 Å². The summed E-state index contributed by atoms with van der Waals surface area (Å²) in [5.41, 5.74) is 5.08. The molecule has 1 aliphatic heterocycles. The van der Waals surface area contributed by atoms with Crippen molar-refractivity contribution in [2.24, 2.45) is 11.0 Å². The lowest BCUT2D eigenvalue weighted by Gasteiger charge is -2.15. The molecule has 2 N–H and O–H groups in total. The number of nitrogens with one attached hydrogen (secondary N) is 2. The summed E-state index contributed by atoms with van der Waals surface area (Å²) in [5, 5.41) is 6.93. The smallest absolute Gasteiger partial charge is 0.253 e. The first-order valence-corrected chi connectivity index (χ1v) is 8.78. The van der Waals surface area contributed by atoms with Gasteiger partial charge in [0.1, 0.15) is 5.92 Å². The van der Waals surface area contributed by atoms with Crippen LogP contribution in [-0.2, 0) is 9.59 Å². The minimum atomic E-state index is -0.776. The Kier molecular flexibility index (Phi) is 5.28. The predicted octanol–water partition coefficient (Wildman–Crippen LogP) is 2.82. The van der Waals surface area contributed by atoms with Crippen molar-refractivity contribution in [1.82, 2.24) is 10.7 Å². The third-order valence-corrected chi connectivity index (χ3v) is 4.76. The summed E-state index contributed by atoms with van der Waals surface area (Å²) >= 11 is 3.41. The van der Waals surface area contributed by atoms with Gasteiger partial charge in [0.25, 0.3) is 5.91 Å². The van der Waals surface area contributed by atoms with Gasteiger partial charge in [-0.3, -0.25) is 9.59 Å². The van der Waals surface area contributed by atoms with Crippen LogP contribution in [0.15, 0.2) is 64.2 Å². The first-order chi connectivity index (χ1) is 12.1. The first kappa shape index (κ1) is 17.4. The Bertz CT molecular complexity index is 820. The van der Waals surface area contributed by atoms with Crippen LogP contribution in [0.2, 0.25) is 0 Å². The van der Waals surface area contributed by atoms with Gasteiger partial charge in [-0.25, -0.2) is 5.43 Å². The van der Waals surface area contributed by atoms with Crippen molar-refractivity contribution in [2.45, 2.75) is 12.8 Å². The standard InChI is InChI=1S/C19H18BrN3O2/c1-12(14-8-5-9-15(20)10-14)22-23-19(25)17-16(11-21-18(17)24)13-6-3-2-4-7-13/h2-10,16-17H,11H2,1H3,(H,21,24)(H,23,25)/b22-12-/t16-,17+/m0/s1. The van der Waals surface area contributed by atoms with Gasteiger partial charge in [0.2, 0.25) is 5.91 Å². The van der Waals surface area contributed by atoms with E-state index in [1.165, 1.54) is 0 Å². The van der Waals surface area contributed by atoms with Crippen molar-refractivity contribution in [3.05, 3.63) is 70.2 Å². The molecule has 25 heavy (non-hydrogen) atoms. The highest BCUT2D eigenvalue weighted by Crippen LogP contribution is 2.29. The molecule has 1 fully saturated rings. The predicted molar refractivity (Wildman–Crippen MR) is 100 cm³/mol. The van der Waals surface area contributed by atoms with E-state index in [-0.39, 0.29) is 11.8 Å². The lowest BCUT2D eigenvalue weighted by molar-refractivity contribution is -0.133. The van der Waals surface area contributed by atoms with Crippen molar-refractivity contribution in [1.29, 1.82) is 0 Å². The highest BCUT2D eigenvalue weighted by atomic mass is 79.9. The quantitative estimate of drug-likeness (QED) is 0.471. The van der Waals surface area contributed by atoms with E-state index in [4.69, 9.17) is 0 Å². The second-order valence-corrected chi connectivity index (χ2v) is 6.84. The number of rotatable bonds is 4. The van der Waals surface area contributed by atoms with Gasteiger partial charge in [-0.05, 0) is 30.2 Å². The Hall–Kier alpha value is -2.47. The maximum absolute atomic E-state index is 12.6. The van der Waals surface area contributed by atoms with Gasteiger partial charge in [-0.15, -0.1) is 0 Å². The molecule has 1 aliphatic rings. The minimum Gasteiger partial charge on any atom is -0.355 e. The molecule has 1 saturated heterocycles. The van der Waals surface area contributed by atoms with E-state index in [9.17, 15) is 9.59 Å². The number of benzene rings is 2. The molecular formula is C19H18BrN3O2. The summed E-state index contributed by atoms with van der Waals surface area (Å²) in [6.45, 7) is 2.26. The number of hydrogen-bond acceptors (Lipinski definition) is 3. The third-order valence-electron chi connectivity index (χ3n) is 4.27. The van der Waals surface area contributed by atoms with E-state index in [0.717, 1.165) is 15.6 Å². The van der Waals surface area contributed by atoms with Crippen molar-refractivity contribution < 1.29 is 9.59 Å². The van der Waals surface area contributed by atoms with E-state index in [2.05, 4.69) is 31.8 Å². The second kappa shape index (κ2) is 7.61. The average Bonchev–Trinajstić information content (AvgIpc) is 3.02. The number of amides is 2. The van der Waals surface area contributed by atoms with Crippen LogP contribution in [0.5, 0.6) is 0 Å². The molecule has 2 amide bonds. The fraction of sp³-hybridized carbons (Fsp3) is 0.211. The van der Waals surface area contributed by atoms with Gasteiger partial charge in [-0.1, -0.05) is 58.4 Å². The lowest BCUT2D eigenvalue weighted by atomic mass is 9.88. The molecule has 6 heteroatoms. The van der Waals surface area contributed by atoms with Crippen LogP contribution in [0.3, 0.4) is 0 Å². The number of carbonyl (C=O) groups excluding carboxylic acids is 2. The van der Waals surface area contributed by atoms with Crippen LogP contribution >= 0.6 is 15.9 Å². The Labute approximate surface area is 154 Å². The fourth-order valence-corrected chi connectivity index (χ4v) is 3.32. The molecule has 0 saturated carbocycles. The van der Waals surface area contributed by atoms with Gasteiger partial charge in [0.05, 0.1) is 5.71 Å². The molecule has 1 heterocycles. The lowest BCUT2D eigenvalue weighted by Crippen LogP contribution is -2.35. The molecule has 0 bridgehead atoms. The van der Waals surface area contributed by atoms with Crippen LogP contribution in [0.25, 0.3) is 0 Å². The largest absolute Gasteiger partial charge is 0.355 e. The molecular weight excluding hydrogens is 382 g/mol. The molecule has 0 radical (unpaired) electrons. The second-order valence-electron chi connectivity index (χ2n) is 5.92. The maximum Gasteiger partial charge on any atom is 0.253 e. The molecule has 0 aromatic heterocycles. The average molecular weight is 400 g/mol. The zero-order valence-corrected chi connectivity index (χ0v) is 15.3. The van der Waals surface area contributed by atoms with Crippen molar-refractivity contribution in [3.8, 4) is 0 Å². The van der Waals surface area contributed by atoms with Gasteiger partial charge in [0, 0.05) is 16.9 Å². The summed E-state index contributed by atoms with van der Waals surface area (Å²) in [6.07, 6.45) is 0. The molecule has 2 atom stereocenters. The molecule has 2 aromatic carbocycles. The third kappa shape index (κ3) is 3.96. The first-order valence-electron chi connectivity index (χ1n) is 7.99. The van der Waals surface area contributed by atoms with E-state index in [1.54, 1.807) is 0 Å². The molecule has 3 rings (SSSR count). The number of halogens is 1. The Morgan fingerprint density at radius 3 is 2.68 bits per heavy atom. The Morgan fingerprint density at radius 2 is 1.96 bits per heavy atom. The molecule has 128 valence electrons. The molecule has 2 aromatic rings. The maximum atomic E-state index is 12.6. The number of hydrazone groups is 1. The van der Waals surface area contributed by atoms with Gasteiger partial charge in [0.15, 0.2) is 0 Å². The summed E-state index contributed by atoms with van der Waals surface area (Å²) < 4.78 is 0.935. The summed E-state index contributed by atoms with van der Waals surface area (Å²) in [4.78, 5) is 24.7. The van der Waals surface area contributed by atoms with Crippen LogP contribution in [0.4, 0.5) is 0 Å². The van der Waals surface area contributed by atoms with Crippen LogP contribution in [0.1, 0.15) is 24.0 Å². The summed E-state index contributed by atoms with van der Waals surface area (Å²) in [7, 11) is 0. The van der Waals surface area contributed by atoms with E-state index in [0.29, 0.717) is 12.3 Å². The summed E-state index contributed by atoms with van der Waals surface area (Å²) in [5.74, 6) is -1.61. The number of nitrogens with zero attached hydrogens (tertiary/aromatic N) is 1. The summed E-state index contributed by atoms with van der Waals surface area (Å²) in [6, 6.07) is 17.2. The van der Waals surface area contributed by atoms with Crippen molar-refractivity contribution in [3.63, 3.8) is 0 Å². The Morgan fingerprint density at radius 1 is 1.20 bits per heavy atom. The van der Waals surface area contributed by atoms with Crippen LogP contribution < -0.4 is 10.7 Å². The van der Waals surface area contributed by atoms with Gasteiger partial charge >= 0.3 is 0 Å². The van der Waals surface area contributed by atoms with Crippen molar-refractivity contribution in [2.75, 3.05) is 6.54 Å². The molecule has 5 nitrogen and oxygen atoms in total.